The minimum absolute atomic E-state index is 0.0686. The maximum Gasteiger partial charge on any atom is 0.416 e. The molecule has 0 saturated heterocycles. The molecule has 0 aliphatic heterocycles. The average molecular weight is 797 g/mol. The van der Waals surface area contributed by atoms with Gasteiger partial charge in [-0.1, -0.05) is 24.3 Å². The first-order valence-corrected chi connectivity index (χ1v) is 17.5. The van der Waals surface area contributed by atoms with Gasteiger partial charge in [0, 0.05) is 23.3 Å². The third-order valence-electron chi connectivity index (χ3n) is 7.80. The summed E-state index contributed by atoms with van der Waals surface area (Å²) in [5, 5.41) is 18.9. The van der Waals surface area contributed by atoms with Crippen LogP contribution < -0.4 is 14.2 Å². The number of alkyl halides is 6. The molecule has 2 aromatic heterocycles. The third-order valence-corrected chi connectivity index (χ3v) is 10.2. The van der Waals surface area contributed by atoms with E-state index in [1.54, 1.807) is 31.2 Å². The van der Waals surface area contributed by atoms with E-state index in [1.807, 2.05) is 13.0 Å². The van der Waals surface area contributed by atoms with Crippen LogP contribution in [0.5, 0.6) is 17.2 Å². The van der Waals surface area contributed by atoms with Crippen LogP contribution >= 0.6 is 22.7 Å². The lowest BCUT2D eigenvalue weighted by molar-refractivity contribution is -0.138. The fraction of sp³-hybridized carbons (Fsp3) is 0.179. The number of thiazole rings is 2. The highest BCUT2D eigenvalue weighted by molar-refractivity contribution is 7.15. The van der Waals surface area contributed by atoms with Crippen LogP contribution in [-0.4, -0.2) is 17.1 Å². The third kappa shape index (κ3) is 10.2. The molecule has 4 aromatic carbocycles. The molecule has 0 unspecified atom stereocenters. The molecule has 0 spiro atoms. The smallest absolute Gasteiger partial charge is 0.416 e. The van der Waals surface area contributed by atoms with Crippen LogP contribution in [0.4, 0.5) is 30.7 Å². The van der Waals surface area contributed by atoms with Crippen molar-refractivity contribution < 1.29 is 44.9 Å². The summed E-state index contributed by atoms with van der Waals surface area (Å²) in [6.07, 6.45) is -8.74. The second-order valence-corrected chi connectivity index (χ2v) is 13.7. The van der Waals surface area contributed by atoms with E-state index in [0.717, 1.165) is 45.8 Å². The predicted molar refractivity (Wildman–Crippen MR) is 192 cm³/mol. The Morgan fingerprint density at radius 3 is 1.42 bits per heavy atom. The van der Waals surface area contributed by atoms with Gasteiger partial charge in [-0.25, -0.2) is 14.4 Å². The van der Waals surface area contributed by atoms with E-state index < -0.39 is 29.3 Å². The molecule has 282 valence electrons. The number of aromatic nitrogens is 2. The highest BCUT2D eigenvalue weighted by Crippen LogP contribution is 2.35. The summed E-state index contributed by atoms with van der Waals surface area (Å²) in [4.78, 5) is 10.4. The van der Waals surface area contributed by atoms with E-state index >= 15 is 0 Å². The van der Waals surface area contributed by atoms with Crippen LogP contribution in [0, 0.1) is 42.3 Å². The molecule has 0 aliphatic rings. The summed E-state index contributed by atoms with van der Waals surface area (Å²) in [5.74, 6) is 0.572. The normalized spacial score (nSPS) is 11.2. The van der Waals surface area contributed by atoms with Crippen LogP contribution in [0.25, 0.3) is 21.1 Å². The molecule has 7 nitrogen and oxygen atoms in total. The largest absolute Gasteiger partial charge is 0.495 e. The van der Waals surface area contributed by atoms with Gasteiger partial charge in [0.1, 0.15) is 58.4 Å². The number of hydrogen-bond donors (Lipinski definition) is 0. The van der Waals surface area contributed by atoms with E-state index in [1.165, 1.54) is 66.2 Å². The van der Waals surface area contributed by atoms with Gasteiger partial charge in [0.25, 0.3) is 0 Å². The van der Waals surface area contributed by atoms with Gasteiger partial charge in [0.05, 0.1) is 50.5 Å². The molecule has 0 amide bonds. The summed E-state index contributed by atoms with van der Waals surface area (Å²) in [7, 11) is 1.48. The quantitative estimate of drug-likeness (QED) is 0.134. The van der Waals surface area contributed by atoms with Crippen molar-refractivity contribution >= 4 is 22.7 Å². The van der Waals surface area contributed by atoms with Crippen LogP contribution in [0.3, 0.4) is 0 Å². The van der Waals surface area contributed by atoms with Crippen molar-refractivity contribution in [3.8, 4) is 50.5 Å². The number of benzene rings is 4. The second kappa shape index (κ2) is 17.0. The monoisotopic (exact) mass is 796 g/mol. The lowest BCUT2D eigenvalue weighted by Gasteiger charge is -2.08. The van der Waals surface area contributed by atoms with Crippen molar-refractivity contribution in [2.45, 2.75) is 39.4 Å². The summed E-state index contributed by atoms with van der Waals surface area (Å²) in [6, 6.07) is 22.3. The Balaban J connectivity index is 0.000000211. The molecular weight excluding hydrogens is 770 g/mol. The first-order valence-electron chi connectivity index (χ1n) is 15.9. The van der Waals surface area contributed by atoms with Crippen molar-refractivity contribution in [3.63, 3.8) is 0 Å². The van der Waals surface area contributed by atoms with Crippen LogP contribution in [0.1, 0.15) is 43.4 Å². The van der Waals surface area contributed by atoms with Gasteiger partial charge >= 0.3 is 12.4 Å². The number of aryl methyl sites for hydroxylation is 2. The molecule has 16 heteroatoms. The highest BCUT2D eigenvalue weighted by atomic mass is 32.1. The van der Waals surface area contributed by atoms with Gasteiger partial charge in [-0.05, 0) is 62.4 Å². The molecule has 6 aromatic rings. The van der Waals surface area contributed by atoms with Crippen molar-refractivity contribution in [1.29, 1.82) is 10.5 Å². The van der Waals surface area contributed by atoms with E-state index in [-0.39, 0.29) is 24.5 Å². The molecule has 0 N–H and O–H groups in total. The molecule has 0 saturated carbocycles. The number of rotatable bonds is 9. The minimum atomic E-state index is -4.38. The maximum atomic E-state index is 13.6. The standard InChI is InChI=1S/C20H15F3N2O2S.C19H12F4N2OS/c1-12-18(11-27-16-8-5-14(10-24)17(9-16)26-2)28-19(25-12)13-3-6-15(7-4-13)20(21,22)23;1-11-17(10-26-15-7-4-13(9-24)16(20)8-15)27-18(25-11)12-2-5-14(6-3-12)19(21,22)23/h3-9H,11H2,1-2H3;2-8H,10H2,1H3. The zero-order valence-corrected chi connectivity index (χ0v) is 30.6. The summed E-state index contributed by atoms with van der Waals surface area (Å²) < 4.78 is 106. The fourth-order valence-electron chi connectivity index (χ4n) is 4.80. The number of nitrogens with zero attached hydrogens (tertiary/aromatic N) is 4. The topological polar surface area (TPSA) is 101 Å². The summed E-state index contributed by atoms with van der Waals surface area (Å²) in [6.45, 7) is 3.97. The molecule has 0 atom stereocenters. The Labute approximate surface area is 318 Å². The maximum absolute atomic E-state index is 13.6. The Hall–Kier alpha value is -5.97. The van der Waals surface area contributed by atoms with Gasteiger partial charge < -0.3 is 14.2 Å². The number of hydrogen-bond acceptors (Lipinski definition) is 9. The molecular formula is C39H27F7N4O3S2. The molecule has 0 fully saturated rings. The van der Waals surface area contributed by atoms with Crippen LogP contribution in [0.15, 0.2) is 84.9 Å². The molecule has 2 heterocycles. The number of nitriles is 2. The molecule has 0 radical (unpaired) electrons. The van der Waals surface area contributed by atoms with Crippen LogP contribution in [0.2, 0.25) is 0 Å². The Kier molecular flexibility index (Phi) is 12.4. The van der Waals surface area contributed by atoms with E-state index in [2.05, 4.69) is 9.97 Å². The summed E-state index contributed by atoms with van der Waals surface area (Å²) in [5.41, 5.74) is 1.56. The summed E-state index contributed by atoms with van der Waals surface area (Å²) >= 11 is 2.66. The minimum Gasteiger partial charge on any atom is -0.495 e. The molecule has 6 rings (SSSR count). The van der Waals surface area contributed by atoms with Gasteiger partial charge in [-0.3, -0.25) is 0 Å². The zero-order chi connectivity index (χ0) is 39.9. The number of ether oxygens (including phenoxy) is 3. The van der Waals surface area contributed by atoms with E-state index in [9.17, 15) is 30.7 Å². The Morgan fingerprint density at radius 1 is 0.618 bits per heavy atom. The lowest BCUT2D eigenvalue weighted by atomic mass is 10.1. The molecule has 55 heavy (non-hydrogen) atoms. The van der Waals surface area contributed by atoms with E-state index in [0.29, 0.717) is 43.9 Å². The van der Waals surface area contributed by atoms with Gasteiger partial charge in [0.2, 0.25) is 0 Å². The molecule has 0 aliphatic carbocycles. The Bertz CT molecular complexity index is 2360. The zero-order valence-electron chi connectivity index (χ0n) is 29.0. The van der Waals surface area contributed by atoms with Gasteiger partial charge in [-0.2, -0.15) is 36.9 Å². The first-order chi connectivity index (χ1) is 26.1. The van der Waals surface area contributed by atoms with Gasteiger partial charge in [0.15, 0.2) is 0 Å². The van der Waals surface area contributed by atoms with Crippen LogP contribution in [-0.2, 0) is 25.6 Å². The van der Waals surface area contributed by atoms with Crippen molar-refractivity contribution in [2.24, 2.45) is 0 Å². The SMILES string of the molecule is COc1cc(OCc2sc(-c3ccc(C(F)(F)F)cc3)nc2C)ccc1C#N.Cc1nc(-c2ccc(C(F)(F)F)cc2)sc1COc1ccc(C#N)c(F)c1. The number of methoxy groups -OCH3 is 1. The Morgan fingerprint density at radius 2 is 1.04 bits per heavy atom. The van der Waals surface area contributed by atoms with E-state index in [4.69, 9.17) is 24.7 Å². The van der Waals surface area contributed by atoms with Crippen molar-refractivity contribution in [3.05, 3.63) is 134 Å². The number of halogens is 7. The second-order valence-electron chi connectivity index (χ2n) is 11.5. The average Bonchev–Trinajstić information content (AvgIpc) is 3.73. The fourth-order valence-corrected chi connectivity index (χ4v) is 6.76. The van der Waals surface area contributed by atoms with Crippen molar-refractivity contribution in [2.75, 3.05) is 7.11 Å². The predicted octanol–water partition coefficient (Wildman–Crippen LogP) is 11.3. The highest BCUT2D eigenvalue weighted by Gasteiger charge is 2.31. The lowest BCUT2D eigenvalue weighted by Crippen LogP contribution is -2.03. The first kappa shape index (κ1) is 40.2. The van der Waals surface area contributed by atoms with Gasteiger partial charge in [-0.15, -0.1) is 22.7 Å². The molecule has 0 bridgehead atoms. The van der Waals surface area contributed by atoms with Crippen molar-refractivity contribution in [1.82, 2.24) is 9.97 Å².